The van der Waals surface area contributed by atoms with E-state index in [9.17, 15) is 0 Å². The van der Waals surface area contributed by atoms with E-state index >= 15 is 0 Å². The Bertz CT molecular complexity index is 342. The summed E-state index contributed by atoms with van der Waals surface area (Å²) in [6, 6.07) is 7.48. The Labute approximate surface area is 101 Å². The quantitative estimate of drug-likeness (QED) is 0.564. The van der Waals surface area contributed by atoms with E-state index in [0.29, 0.717) is 11.6 Å². The first kappa shape index (κ1) is 12.9. The molecule has 4 heteroatoms. The van der Waals surface area contributed by atoms with Crippen LogP contribution < -0.4 is 10.5 Å². The summed E-state index contributed by atoms with van der Waals surface area (Å²) in [5.41, 5.74) is 6.21. The first-order valence-corrected chi connectivity index (χ1v) is 5.74. The third-order valence-electron chi connectivity index (χ3n) is 2.22. The Morgan fingerprint density at radius 1 is 1.31 bits per heavy atom. The van der Waals surface area contributed by atoms with E-state index < -0.39 is 0 Å². The highest BCUT2D eigenvalue weighted by Gasteiger charge is 2.00. The van der Waals surface area contributed by atoms with Crippen LogP contribution in [0.15, 0.2) is 24.3 Å². The maximum atomic E-state index is 9.08. The predicted octanol–water partition coefficient (Wildman–Crippen LogP) is 2.01. The molecule has 0 amide bonds. The highest BCUT2D eigenvalue weighted by Crippen LogP contribution is 2.17. The smallest absolute Gasteiger partial charge is 0.124 e. The third kappa shape index (κ3) is 4.59. The SMILES string of the molecule is NC(=S)CCCCOc1ccccc1CO. The molecule has 3 N–H and O–H groups in total. The Kier molecular flexibility index (Phi) is 5.82. The maximum absolute atomic E-state index is 9.08. The minimum absolute atomic E-state index is 0.00303. The number of hydrogen-bond acceptors (Lipinski definition) is 3. The van der Waals surface area contributed by atoms with Crippen LogP contribution >= 0.6 is 12.2 Å². The maximum Gasteiger partial charge on any atom is 0.124 e. The van der Waals surface area contributed by atoms with Gasteiger partial charge in [-0.2, -0.15) is 0 Å². The molecule has 0 atom stereocenters. The average molecular weight is 239 g/mol. The van der Waals surface area contributed by atoms with Crippen molar-refractivity contribution in [2.24, 2.45) is 5.73 Å². The van der Waals surface area contributed by atoms with Gasteiger partial charge in [0.15, 0.2) is 0 Å². The van der Waals surface area contributed by atoms with Crippen molar-refractivity contribution in [2.75, 3.05) is 6.61 Å². The number of benzene rings is 1. The minimum atomic E-state index is 0.00303. The van der Waals surface area contributed by atoms with Crippen molar-refractivity contribution in [2.45, 2.75) is 25.9 Å². The van der Waals surface area contributed by atoms with Crippen LogP contribution in [0.25, 0.3) is 0 Å². The molecule has 1 aromatic rings. The Morgan fingerprint density at radius 2 is 2.06 bits per heavy atom. The second kappa shape index (κ2) is 7.19. The highest BCUT2D eigenvalue weighted by molar-refractivity contribution is 7.80. The lowest BCUT2D eigenvalue weighted by Gasteiger charge is -2.09. The predicted molar refractivity (Wildman–Crippen MR) is 68.5 cm³/mol. The van der Waals surface area contributed by atoms with Crippen LogP contribution in [0, 0.1) is 0 Å². The molecule has 0 unspecified atom stereocenters. The summed E-state index contributed by atoms with van der Waals surface area (Å²) in [6.07, 6.45) is 2.62. The second-order valence-corrected chi connectivity index (χ2v) is 4.06. The molecule has 16 heavy (non-hydrogen) atoms. The molecule has 0 spiro atoms. The Morgan fingerprint density at radius 3 is 2.75 bits per heavy atom. The third-order valence-corrected chi connectivity index (χ3v) is 2.42. The molecule has 0 fully saturated rings. The number of hydrogen-bond donors (Lipinski definition) is 2. The second-order valence-electron chi connectivity index (χ2n) is 3.54. The Balaban J connectivity index is 2.28. The number of ether oxygens (including phenoxy) is 1. The number of aliphatic hydroxyl groups is 1. The largest absolute Gasteiger partial charge is 0.493 e. The van der Waals surface area contributed by atoms with E-state index in [4.69, 9.17) is 27.8 Å². The van der Waals surface area contributed by atoms with Crippen LogP contribution in [-0.4, -0.2) is 16.7 Å². The minimum Gasteiger partial charge on any atom is -0.493 e. The van der Waals surface area contributed by atoms with Crippen molar-refractivity contribution in [3.8, 4) is 5.75 Å². The van der Waals surface area contributed by atoms with Crippen LogP contribution in [0.4, 0.5) is 0 Å². The van der Waals surface area contributed by atoms with Crippen LogP contribution in [0.2, 0.25) is 0 Å². The summed E-state index contributed by atoms with van der Waals surface area (Å²) in [6.45, 7) is 0.628. The molecular weight excluding hydrogens is 222 g/mol. The molecule has 0 heterocycles. The summed E-state index contributed by atoms with van der Waals surface area (Å²) in [5, 5.41) is 9.08. The van der Waals surface area contributed by atoms with Gasteiger partial charge in [0.25, 0.3) is 0 Å². The van der Waals surface area contributed by atoms with Crippen molar-refractivity contribution in [3.63, 3.8) is 0 Å². The fourth-order valence-electron chi connectivity index (χ4n) is 1.36. The van der Waals surface area contributed by atoms with Crippen LogP contribution in [0.1, 0.15) is 24.8 Å². The molecule has 0 aliphatic heterocycles. The first-order chi connectivity index (χ1) is 7.74. The zero-order valence-electron chi connectivity index (χ0n) is 9.19. The molecule has 0 radical (unpaired) electrons. The highest BCUT2D eigenvalue weighted by atomic mass is 32.1. The van der Waals surface area contributed by atoms with Crippen LogP contribution in [0.3, 0.4) is 0 Å². The van der Waals surface area contributed by atoms with Gasteiger partial charge in [0, 0.05) is 5.56 Å². The van der Waals surface area contributed by atoms with Gasteiger partial charge < -0.3 is 15.6 Å². The lowest BCUT2D eigenvalue weighted by atomic mass is 10.2. The molecule has 1 rings (SSSR count). The van der Waals surface area contributed by atoms with Crippen molar-refractivity contribution in [1.29, 1.82) is 0 Å². The molecule has 3 nitrogen and oxygen atoms in total. The molecule has 0 aliphatic rings. The first-order valence-electron chi connectivity index (χ1n) is 5.34. The van der Waals surface area contributed by atoms with Crippen LogP contribution in [0.5, 0.6) is 5.75 Å². The van der Waals surface area contributed by atoms with Gasteiger partial charge in [0.1, 0.15) is 5.75 Å². The van der Waals surface area contributed by atoms with Crippen molar-refractivity contribution in [1.82, 2.24) is 0 Å². The standard InChI is InChI=1S/C12H17NO2S/c13-12(16)7-3-4-8-15-11-6-2-1-5-10(11)9-14/h1-2,5-6,14H,3-4,7-9H2,(H2,13,16). The van der Waals surface area contributed by atoms with Crippen molar-refractivity contribution >= 4 is 17.2 Å². The molecule has 0 aliphatic carbocycles. The molecule has 0 aromatic heterocycles. The molecule has 88 valence electrons. The summed E-state index contributed by atoms with van der Waals surface area (Å²) in [4.78, 5) is 0.552. The van der Waals surface area contributed by atoms with E-state index in [1.54, 1.807) is 0 Å². The van der Waals surface area contributed by atoms with Gasteiger partial charge in [-0.25, -0.2) is 0 Å². The summed E-state index contributed by atoms with van der Waals surface area (Å²) >= 11 is 4.78. The topological polar surface area (TPSA) is 55.5 Å². The van der Waals surface area contributed by atoms with Crippen LogP contribution in [-0.2, 0) is 6.61 Å². The molecule has 0 saturated carbocycles. The summed E-state index contributed by atoms with van der Waals surface area (Å²) in [7, 11) is 0. The van der Waals surface area contributed by atoms with Gasteiger partial charge in [-0.3, -0.25) is 0 Å². The fraction of sp³-hybridized carbons (Fsp3) is 0.417. The van der Waals surface area contributed by atoms with Gasteiger partial charge in [0.05, 0.1) is 18.2 Å². The zero-order valence-corrected chi connectivity index (χ0v) is 10.0. The van der Waals surface area contributed by atoms with E-state index in [0.717, 1.165) is 30.6 Å². The number of para-hydroxylation sites is 1. The number of thiocarbonyl (C=S) groups is 1. The van der Waals surface area contributed by atoms with Gasteiger partial charge in [-0.05, 0) is 25.3 Å². The average Bonchev–Trinajstić information content (AvgIpc) is 2.29. The van der Waals surface area contributed by atoms with E-state index in [2.05, 4.69) is 0 Å². The van der Waals surface area contributed by atoms with Gasteiger partial charge in [-0.15, -0.1) is 0 Å². The molecule has 0 bridgehead atoms. The summed E-state index contributed by atoms with van der Waals surface area (Å²) in [5.74, 6) is 0.750. The number of rotatable bonds is 7. The van der Waals surface area contributed by atoms with Gasteiger partial charge >= 0.3 is 0 Å². The summed E-state index contributed by atoms with van der Waals surface area (Å²) < 4.78 is 5.57. The Hall–Kier alpha value is -1.13. The normalized spacial score (nSPS) is 10.1. The van der Waals surface area contributed by atoms with E-state index in [1.807, 2.05) is 24.3 Å². The van der Waals surface area contributed by atoms with Gasteiger partial charge in [0.2, 0.25) is 0 Å². The van der Waals surface area contributed by atoms with E-state index in [-0.39, 0.29) is 6.61 Å². The van der Waals surface area contributed by atoms with E-state index in [1.165, 1.54) is 0 Å². The monoisotopic (exact) mass is 239 g/mol. The molecule has 1 aromatic carbocycles. The fourth-order valence-corrected chi connectivity index (χ4v) is 1.50. The lowest BCUT2D eigenvalue weighted by molar-refractivity contribution is 0.260. The van der Waals surface area contributed by atoms with Crippen molar-refractivity contribution in [3.05, 3.63) is 29.8 Å². The number of nitrogens with two attached hydrogens (primary N) is 1. The lowest BCUT2D eigenvalue weighted by Crippen LogP contribution is -2.08. The molecular formula is C12H17NO2S. The molecule has 0 saturated heterocycles. The number of unbranched alkanes of at least 4 members (excludes halogenated alkanes) is 1. The van der Waals surface area contributed by atoms with Crippen molar-refractivity contribution < 1.29 is 9.84 Å². The number of aliphatic hydroxyl groups excluding tert-OH is 1. The zero-order chi connectivity index (χ0) is 11.8. The van der Waals surface area contributed by atoms with Gasteiger partial charge in [-0.1, -0.05) is 30.4 Å².